The van der Waals surface area contributed by atoms with Crippen LogP contribution in [0.25, 0.3) is 0 Å². The van der Waals surface area contributed by atoms with Crippen molar-refractivity contribution in [3.05, 3.63) is 35.9 Å². The number of aliphatic hydroxyl groups excluding tert-OH is 1. The fourth-order valence-corrected chi connectivity index (χ4v) is 3.02. The molecular weight excluding hydrogens is 320 g/mol. The Kier molecular flexibility index (Phi) is 6.42. The van der Waals surface area contributed by atoms with E-state index in [9.17, 15) is 14.7 Å². The largest absolute Gasteiger partial charge is 0.444 e. The highest BCUT2D eigenvalue weighted by atomic mass is 16.6. The van der Waals surface area contributed by atoms with E-state index in [2.05, 4.69) is 5.32 Å². The molecule has 1 fully saturated rings. The number of nitrogens with zero attached hydrogens (tertiary/aromatic N) is 1. The van der Waals surface area contributed by atoms with Gasteiger partial charge >= 0.3 is 6.09 Å². The highest BCUT2D eigenvalue weighted by Gasteiger charge is 2.34. The summed E-state index contributed by atoms with van der Waals surface area (Å²) in [5.41, 5.74) is 0.322. The lowest BCUT2D eigenvalue weighted by atomic mass is 10.0. The van der Waals surface area contributed by atoms with Crippen LogP contribution in [0.3, 0.4) is 0 Å². The summed E-state index contributed by atoms with van der Waals surface area (Å²) in [4.78, 5) is 26.8. The number of rotatable bonds is 5. The highest BCUT2D eigenvalue weighted by molar-refractivity contribution is 5.86. The zero-order valence-electron chi connectivity index (χ0n) is 15.2. The number of ether oxygens (including phenoxy) is 1. The lowest BCUT2D eigenvalue weighted by molar-refractivity contribution is -0.135. The summed E-state index contributed by atoms with van der Waals surface area (Å²) in [6, 6.07) is 8.66. The molecule has 0 bridgehead atoms. The first-order valence-electron chi connectivity index (χ1n) is 8.75. The molecule has 0 aliphatic carbocycles. The lowest BCUT2D eigenvalue weighted by Crippen LogP contribution is -2.52. The van der Waals surface area contributed by atoms with Crippen LogP contribution in [-0.4, -0.2) is 52.8 Å². The molecule has 2 rings (SSSR count). The number of nitrogens with one attached hydrogen (secondary N) is 1. The third-order valence-corrected chi connectivity index (χ3v) is 4.14. The van der Waals surface area contributed by atoms with E-state index >= 15 is 0 Å². The molecule has 1 heterocycles. The molecule has 138 valence electrons. The average molecular weight is 348 g/mol. The van der Waals surface area contributed by atoms with Crippen molar-refractivity contribution in [2.45, 2.75) is 57.7 Å². The average Bonchev–Trinajstić information content (AvgIpc) is 3.01. The van der Waals surface area contributed by atoms with Crippen molar-refractivity contribution in [3.8, 4) is 0 Å². The summed E-state index contributed by atoms with van der Waals surface area (Å²) in [7, 11) is 0. The molecule has 1 aromatic rings. The predicted molar refractivity (Wildman–Crippen MR) is 95.1 cm³/mol. The van der Waals surface area contributed by atoms with Gasteiger partial charge in [-0.2, -0.15) is 0 Å². The van der Waals surface area contributed by atoms with E-state index in [1.54, 1.807) is 25.7 Å². The van der Waals surface area contributed by atoms with E-state index in [0.717, 1.165) is 18.4 Å². The predicted octanol–water partition coefficient (Wildman–Crippen LogP) is 2.11. The van der Waals surface area contributed by atoms with Crippen LogP contribution in [0, 0.1) is 0 Å². The van der Waals surface area contributed by atoms with Crippen LogP contribution < -0.4 is 5.32 Å². The minimum atomic E-state index is -0.718. The molecule has 1 aromatic carbocycles. The number of benzene rings is 1. The highest BCUT2D eigenvalue weighted by Crippen LogP contribution is 2.19. The first-order chi connectivity index (χ1) is 11.8. The molecule has 2 N–H and O–H groups in total. The van der Waals surface area contributed by atoms with Gasteiger partial charge < -0.3 is 20.1 Å². The SMILES string of the molecule is CC(C)(C)OC(=O)N[C@@H](Cc1ccccc1)C(=O)N1CCC[C@H]1CO. The maximum Gasteiger partial charge on any atom is 0.408 e. The number of carbonyl (C=O) groups is 2. The Morgan fingerprint density at radius 2 is 2.00 bits per heavy atom. The van der Waals surface area contributed by atoms with Crippen molar-refractivity contribution < 1.29 is 19.4 Å². The summed E-state index contributed by atoms with van der Waals surface area (Å²) in [6.07, 6.45) is 1.42. The van der Waals surface area contributed by atoms with Gasteiger partial charge in [-0.15, -0.1) is 0 Å². The Morgan fingerprint density at radius 3 is 2.60 bits per heavy atom. The zero-order chi connectivity index (χ0) is 18.4. The van der Waals surface area contributed by atoms with Crippen LogP contribution in [0.1, 0.15) is 39.2 Å². The normalized spacial score (nSPS) is 18.7. The van der Waals surface area contributed by atoms with Crippen molar-refractivity contribution in [2.24, 2.45) is 0 Å². The molecule has 1 aliphatic rings. The van der Waals surface area contributed by atoms with Crippen molar-refractivity contribution in [2.75, 3.05) is 13.2 Å². The number of amides is 2. The molecule has 1 saturated heterocycles. The van der Waals surface area contributed by atoms with Crippen LogP contribution >= 0.6 is 0 Å². The zero-order valence-corrected chi connectivity index (χ0v) is 15.2. The minimum Gasteiger partial charge on any atom is -0.444 e. The Labute approximate surface area is 149 Å². The lowest BCUT2D eigenvalue weighted by Gasteiger charge is -2.29. The fraction of sp³-hybridized carbons (Fsp3) is 0.579. The van der Waals surface area contributed by atoms with Gasteiger partial charge in [-0.1, -0.05) is 30.3 Å². The summed E-state index contributed by atoms with van der Waals surface area (Å²) in [6.45, 7) is 5.89. The van der Waals surface area contributed by atoms with E-state index in [1.807, 2.05) is 30.3 Å². The van der Waals surface area contributed by atoms with E-state index < -0.39 is 17.7 Å². The van der Waals surface area contributed by atoms with Crippen molar-refractivity contribution in [3.63, 3.8) is 0 Å². The third-order valence-electron chi connectivity index (χ3n) is 4.14. The molecular formula is C19H28N2O4. The summed E-state index contributed by atoms with van der Waals surface area (Å²) in [5.74, 6) is -0.175. The van der Waals surface area contributed by atoms with Crippen LogP contribution in [0.4, 0.5) is 4.79 Å². The Morgan fingerprint density at radius 1 is 1.32 bits per heavy atom. The van der Waals surface area contributed by atoms with Crippen LogP contribution in [0.2, 0.25) is 0 Å². The first kappa shape index (κ1) is 19.2. The van der Waals surface area contributed by atoms with Crippen molar-refractivity contribution in [1.29, 1.82) is 0 Å². The van der Waals surface area contributed by atoms with Gasteiger partial charge in [-0.3, -0.25) is 4.79 Å². The van der Waals surface area contributed by atoms with E-state index in [0.29, 0.717) is 13.0 Å². The quantitative estimate of drug-likeness (QED) is 0.854. The van der Waals surface area contributed by atoms with E-state index in [1.165, 1.54) is 0 Å². The smallest absolute Gasteiger partial charge is 0.408 e. The number of alkyl carbamates (subject to hydrolysis) is 1. The van der Waals surface area contributed by atoms with Gasteiger partial charge in [0.15, 0.2) is 0 Å². The number of hydrogen-bond acceptors (Lipinski definition) is 4. The van der Waals surface area contributed by atoms with E-state index in [-0.39, 0.29) is 18.6 Å². The molecule has 0 unspecified atom stereocenters. The molecule has 25 heavy (non-hydrogen) atoms. The maximum atomic E-state index is 13.0. The van der Waals surface area contributed by atoms with Gasteiger partial charge in [0, 0.05) is 13.0 Å². The minimum absolute atomic E-state index is 0.0593. The second-order valence-corrected chi connectivity index (χ2v) is 7.40. The van der Waals surface area contributed by atoms with E-state index in [4.69, 9.17) is 4.74 Å². The number of carbonyl (C=O) groups excluding carboxylic acids is 2. The topological polar surface area (TPSA) is 78.9 Å². The third kappa shape index (κ3) is 5.74. The molecule has 0 saturated carbocycles. The Bertz CT molecular complexity index is 583. The second kappa shape index (κ2) is 8.34. The first-order valence-corrected chi connectivity index (χ1v) is 8.75. The van der Waals surface area contributed by atoms with Gasteiger partial charge in [0.05, 0.1) is 12.6 Å². The maximum absolute atomic E-state index is 13.0. The molecule has 0 spiro atoms. The monoisotopic (exact) mass is 348 g/mol. The molecule has 6 nitrogen and oxygen atoms in total. The summed E-state index contributed by atoms with van der Waals surface area (Å²) in [5, 5.41) is 12.2. The molecule has 6 heteroatoms. The van der Waals surface area contributed by atoms with Gasteiger partial charge in [-0.05, 0) is 39.2 Å². The molecule has 2 atom stereocenters. The fourth-order valence-electron chi connectivity index (χ4n) is 3.02. The number of aliphatic hydroxyl groups is 1. The van der Waals surface area contributed by atoms with Gasteiger partial charge in [0.2, 0.25) is 5.91 Å². The summed E-state index contributed by atoms with van der Waals surface area (Å²) >= 11 is 0. The second-order valence-electron chi connectivity index (χ2n) is 7.40. The Balaban J connectivity index is 2.13. The van der Waals surface area contributed by atoms with Crippen molar-refractivity contribution in [1.82, 2.24) is 10.2 Å². The van der Waals surface area contributed by atoms with Crippen LogP contribution in [0.15, 0.2) is 30.3 Å². The van der Waals surface area contributed by atoms with Crippen LogP contribution in [-0.2, 0) is 16.0 Å². The van der Waals surface area contributed by atoms with Gasteiger partial charge in [0.25, 0.3) is 0 Å². The summed E-state index contributed by atoms with van der Waals surface area (Å²) < 4.78 is 5.30. The van der Waals surface area contributed by atoms with Gasteiger partial charge in [-0.25, -0.2) is 4.79 Å². The molecule has 1 aliphatic heterocycles. The standard InChI is InChI=1S/C19H28N2O4/c1-19(2,3)25-18(24)20-16(12-14-8-5-4-6-9-14)17(23)21-11-7-10-15(21)13-22/h4-6,8-9,15-16,22H,7,10-13H2,1-3H3,(H,20,24)/t15-,16-/m0/s1. The number of likely N-dealkylation sites (tertiary alicyclic amines) is 1. The molecule has 0 radical (unpaired) electrons. The van der Waals surface area contributed by atoms with Gasteiger partial charge in [0.1, 0.15) is 11.6 Å². The Hall–Kier alpha value is -2.08. The number of hydrogen-bond donors (Lipinski definition) is 2. The molecule has 0 aromatic heterocycles. The van der Waals surface area contributed by atoms with Crippen molar-refractivity contribution >= 4 is 12.0 Å². The van der Waals surface area contributed by atoms with Crippen LogP contribution in [0.5, 0.6) is 0 Å². The molecule has 2 amide bonds.